The molecular formula is C17H16Cl2N4O2S. The van der Waals surface area contributed by atoms with Crippen LogP contribution < -0.4 is 10.9 Å². The second-order valence-electron chi connectivity index (χ2n) is 6.07. The summed E-state index contributed by atoms with van der Waals surface area (Å²) in [6.45, 7) is 2.25. The van der Waals surface area contributed by atoms with Gasteiger partial charge in [0.15, 0.2) is 0 Å². The number of H-pyrrole nitrogens is 1. The third kappa shape index (κ3) is 3.76. The molecule has 0 saturated heterocycles. The number of aromatic nitrogens is 2. The second-order valence-corrected chi connectivity index (χ2v) is 7.88. The van der Waals surface area contributed by atoms with Crippen molar-refractivity contribution in [2.24, 2.45) is 0 Å². The van der Waals surface area contributed by atoms with E-state index in [2.05, 4.69) is 15.3 Å². The van der Waals surface area contributed by atoms with E-state index in [1.165, 1.54) is 11.3 Å². The Balaban J connectivity index is 1.97. The molecule has 0 unspecified atom stereocenters. The fourth-order valence-corrected chi connectivity index (χ4v) is 3.94. The average Bonchev–Trinajstić information content (AvgIpc) is 2.87. The van der Waals surface area contributed by atoms with Crippen molar-refractivity contribution < 1.29 is 4.79 Å². The van der Waals surface area contributed by atoms with Crippen LogP contribution in [0.25, 0.3) is 10.2 Å². The van der Waals surface area contributed by atoms with E-state index in [1.54, 1.807) is 25.1 Å². The zero-order chi connectivity index (χ0) is 19.0. The Morgan fingerprint density at radius 2 is 2.04 bits per heavy atom. The van der Waals surface area contributed by atoms with Crippen LogP contribution in [0.5, 0.6) is 0 Å². The van der Waals surface area contributed by atoms with Gasteiger partial charge >= 0.3 is 0 Å². The lowest BCUT2D eigenvalue weighted by Gasteiger charge is -2.07. The second kappa shape index (κ2) is 7.36. The van der Waals surface area contributed by atoms with Gasteiger partial charge in [0.1, 0.15) is 10.7 Å². The van der Waals surface area contributed by atoms with Gasteiger partial charge in [-0.15, -0.1) is 11.3 Å². The van der Waals surface area contributed by atoms with Gasteiger partial charge in [-0.3, -0.25) is 9.59 Å². The first-order valence-corrected chi connectivity index (χ1v) is 9.27. The lowest BCUT2D eigenvalue weighted by Crippen LogP contribution is -2.18. The van der Waals surface area contributed by atoms with Gasteiger partial charge in [-0.25, -0.2) is 4.98 Å². The number of hydrogen-bond acceptors (Lipinski definition) is 5. The SMILES string of the molecule is Cc1c(C(=O)Nc2ccc(Cl)c(Cl)c2)sc2nc(CN(C)C)[nH]c(=O)c12. The molecule has 0 saturated carbocycles. The largest absolute Gasteiger partial charge is 0.321 e. The zero-order valence-electron chi connectivity index (χ0n) is 14.3. The Labute approximate surface area is 163 Å². The molecule has 26 heavy (non-hydrogen) atoms. The number of anilines is 1. The van der Waals surface area contributed by atoms with Crippen LogP contribution in [0.15, 0.2) is 23.0 Å². The predicted molar refractivity (Wildman–Crippen MR) is 107 cm³/mol. The van der Waals surface area contributed by atoms with Gasteiger partial charge in [-0.2, -0.15) is 0 Å². The first-order chi connectivity index (χ1) is 12.3. The lowest BCUT2D eigenvalue weighted by atomic mass is 10.2. The number of fused-ring (bicyclic) bond motifs is 1. The molecule has 0 aliphatic rings. The molecule has 2 heterocycles. The summed E-state index contributed by atoms with van der Waals surface area (Å²) in [6.07, 6.45) is 0. The van der Waals surface area contributed by atoms with Crippen molar-refractivity contribution in [1.29, 1.82) is 0 Å². The highest BCUT2D eigenvalue weighted by Gasteiger charge is 2.19. The molecule has 136 valence electrons. The number of nitrogens with one attached hydrogen (secondary N) is 2. The Morgan fingerprint density at radius 1 is 1.31 bits per heavy atom. The van der Waals surface area contributed by atoms with Gasteiger partial charge in [-0.05, 0) is 44.8 Å². The number of carbonyl (C=O) groups is 1. The summed E-state index contributed by atoms with van der Waals surface area (Å²) in [7, 11) is 3.78. The van der Waals surface area contributed by atoms with E-state index in [1.807, 2.05) is 19.0 Å². The minimum Gasteiger partial charge on any atom is -0.321 e. The van der Waals surface area contributed by atoms with Crippen LogP contribution in [0.1, 0.15) is 21.1 Å². The summed E-state index contributed by atoms with van der Waals surface area (Å²) in [6, 6.07) is 4.84. The number of thiophene rings is 1. The topological polar surface area (TPSA) is 78.1 Å². The summed E-state index contributed by atoms with van der Waals surface area (Å²) in [5.41, 5.74) is 0.887. The molecule has 0 radical (unpaired) electrons. The average molecular weight is 411 g/mol. The van der Waals surface area contributed by atoms with E-state index in [-0.39, 0.29) is 11.5 Å². The molecule has 0 atom stereocenters. The van der Waals surface area contributed by atoms with Crippen molar-refractivity contribution in [3.05, 3.63) is 54.9 Å². The summed E-state index contributed by atoms with van der Waals surface area (Å²) < 4.78 is 0. The normalized spacial score (nSPS) is 11.3. The molecule has 6 nitrogen and oxygen atoms in total. The Morgan fingerprint density at radius 3 is 2.69 bits per heavy atom. The quantitative estimate of drug-likeness (QED) is 0.683. The summed E-state index contributed by atoms with van der Waals surface area (Å²) in [5, 5.41) is 3.98. The van der Waals surface area contributed by atoms with Crippen molar-refractivity contribution in [2.45, 2.75) is 13.5 Å². The number of aryl methyl sites for hydroxylation is 1. The number of amides is 1. The van der Waals surface area contributed by atoms with Crippen molar-refractivity contribution in [3.8, 4) is 0 Å². The minimum atomic E-state index is -0.322. The van der Waals surface area contributed by atoms with Crippen LogP contribution in [0.3, 0.4) is 0 Å². The molecule has 1 amide bonds. The molecule has 0 aliphatic heterocycles. The third-order valence-electron chi connectivity index (χ3n) is 3.70. The van der Waals surface area contributed by atoms with Gasteiger partial charge in [0.2, 0.25) is 0 Å². The van der Waals surface area contributed by atoms with Gasteiger partial charge in [0, 0.05) is 5.69 Å². The van der Waals surface area contributed by atoms with Gasteiger partial charge < -0.3 is 15.2 Å². The monoisotopic (exact) mass is 410 g/mol. The molecule has 9 heteroatoms. The van der Waals surface area contributed by atoms with E-state index in [9.17, 15) is 9.59 Å². The Kier molecular flexibility index (Phi) is 5.34. The van der Waals surface area contributed by atoms with Crippen molar-refractivity contribution in [1.82, 2.24) is 14.9 Å². The maximum Gasteiger partial charge on any atom is 0.266 e. The molecule has 1 aromatic carbocycles. The molecular weight excluding hydrogens is 395 g/mol. The maximum atomic E-state index is 12.6. The first kappa shape index (κ1) is 18.8. The lowest BCUT2D eigenvalue weighted by molar-refractivity contribution is 0.103. The van der Waals surface area contributed by atoms with Gasteiger partial charge in [0.25, 0.3) is 11.5 Å². The highest BCUT2D eigenvalue weighted by Crippen LogP contribution is 2.29. The third-order valence-corrected chi connectivity index (χ3v) is 5.62. The van der Waals surface area contributed by atoms with E-state index in [4.69, 9.17) is 23.2 Å². The highest BCUT2D eigenvalue weighted by atomic mass is 35.5. The van der Waals surface area contributed by atoms with E-state index in [0.717, 1.165) is 0 Å². The number of halogens is 2. The molecule has 0 bridgehead atoms. The van der Waals surface area contributed by atoms with E-state index in [0.29, 0.717) is 48.8 Å². The maximum absolute atomic E-state index is 12.6. The zero-order valence-corrected chi connectivity index (χ0v) is 16.6. The van der Waals surface area contributed by atoms with Gasteiger partial charge in [0.05, 0.1) is 26.9 Å². The van der Waals surface area contributed by atoms with Crippen molar-refractivity contribution in [2.75, 3.05) is 19.4 Å². The molecule has 0 spiro atoms. The van der Waals surface area contributed by atoms with Crippen LogP contribution >= 0.6 is 34.5 Å². The standard InChI is InChI=1S/C17H16Cl2N4O2S/c1-8-13-15(24)21-12(7-23(2)3)22-17(13)26-14(8)16(25)20-9-4-5-10(18)11(19)6-9/h4-6H,7H2,1-3H3,(H,20,25)(H,21,22,24). The van der Waals surface area contributed by atoms with Crippen LogP contribution in [-0.4, -0.2) is 34.9 Å². The molecule has 2 N–H and O–H groups in total. The molecule has 3 rings (SSSR count). The number of aromatic amines is 1. The molecule has 3 aromatic rings. The molecule has 2 aromatic heterocycles. The highest BCUT2D eigenvalue weighted by molar-refractivity contribution is 7.20. The molecule has 0 fully saturated rings. The van der Waals surface area contributed by atoms with Crippen LogP contribution in [0, 0.1) is 6.92 Å². The van der Waals surface area contributed by atoms with Gasteiger partial charge in [-0.1, -0.05) is 23.2 Å². The number of benzene rings is 1. The minimum absolute atomic E-state index is 0.241. The summed E-state index contributed by atoms with van der Waals surface area (Å²) in [5.74, 6) is 0.239. The number of rotatable bonds is 4. The number of hydrogen-bond donors (Lipinski definition) is 2. The summed E-state index contributed by atoms with van der Waals surface area (Å²) in [4.78, 5) is 35.2. The number of nitrogens with zero attached hydrogens (tertiary/aromatic N) is 2. The van der Waals surface area contributed by atoms with Crippen molar-refractivity contribution >= 4 is 56.3 Å². The van der Waals surface area contributed by atoms with Crippen LogP contribution in [0.4, 0.5) is 5.69 Å². The first-order valence-electron chi connectivity index (χ1n) is 7.69. The van der Waals surface area contributed by atoms with Crippen LogP contribution in [-0.2, 0) is 6.54 Å². The smallest absolute Gasteiger partial charge is 0.266 e. The fraction of sp³-hybridized carbons (Fsp3) is 0.235. The van der Waals surface area contributed by atoms with E-state index < -0.39 is 0 Å². The Bertz CT molecular complexity index is 1060. The molecule has 0 aliphatic carbocycles. The van der Waals surface area contributed by atoms with Crippen molar-refractivity contribution in [3.63, 3.8) is 0 Å². The summed E-state index contributed by atoms with van der Waals surface area (Å²) >= 11 is 13.1. The fourth-order valence-electron chi connectivity index (χ4n) is 2.54. The Hall–Kier alpha value is -1.93. The van der Waals surface area contributed by atoms with Crippen LogP contribution in [0.2, 0.25) is 10.0 Å². The predicted octanol–water partition coefficient (Wildman–Crippen LogP) is 3.91. The van der Waals surface area contributed by atoms with E-state index >= 15 is 0 Å². The number of carbonyl (C=O) groups excluding carboxylic acids is 1.